The summed E-state index contributed by atoms with van der Waals surface area (Å²) >= 11 is 6.14. The zero-order valence-corrected chi connectivity index (χ0v) is 11.2. The Labute approximate surface area is 111 Å². The van der Waals surface area contributed by atoms with Gasteiger partial charge in [-0.15, -0.1) is 0 Å². The van der Waals surface area contributed by atoms with Gasteiger partial charge in [0.15, 0.2) is 0 Å². The van der Waals surface area contributed by atoms with Crippen LogP contribution in [-0.4, -0.2) is 31.3 Å². The number of carboxylic acid groups (broad SMARTS) is 1. The Hall–Kier alpha value is -1.42. The van der Waals surface area contributed by atoms with Crippen molar-refractivity contribution in [1.29, 1.82) is 0 Å². The van der Waals surface area contributed by atoms with Gasteiger partial charge in [-0.1, -0.05) is 18.5 Å². The normalized spacial score (nSPS) is 15.4. The molecule has 2 rings (SSSR count). The molecule has 0 bridgehead atoms. The average molecular weight is 270 g/mol. The molecule has 98 valence electrons. The average Bonchev–Trinajstić information content (AvgIpc) is 2.29. The van der Waals surface area contributed by atoms with E-state index in [1.54, 1.807) is 6.07 Å². The molecular weight excluding hydrogens is 254 g/mol. The number of carboxylic acids is 1. The molecule has 0 spiro atoms. The Balaban J connectivity index is 2.30. The Morgan fingerprint density at radius 3 is 2.72 bits per heavy atom. The molecule has 5 heteroatoms. The van der Waals surface area contributed by atoms with E-state index in [2.05, 4.69) is 11.8 Å². The van der Waals surface area contributed by atoms with Crippen molar-refractivity contribution < 1.29 is 14.6 Å². The SMILES string of the molecule is CCC1CN(c2cc(OC)c(C(=O)O)cc2Cl)C1. The quantitative estimate of drug-likeness (QED) is 0.913. The molecule has 0 radical (unpaired) electrons. The summed E-state index contributed by atoms with van der Waals surface area (Å²) < 4.78 is 5.11. The predicted molar refractivity (Wildman–Crippen MR) is 71.0 cm³/mol. The summed E-state index contributed by atoms with van der Waals surface area (Å²) in [6, 6.07) is 3.16. The van der Waals surface area contributed by atoms with Crippen LogP contribution in [0.25, 0.3) is 0 Å². The number of rotatable bonds is 4. The van der Waals surface area contributed by atoms with Crippen LogP contribution in [0.15, 0.2) is 12.1 Å². The number of hydrogen-bond donors (Lipinski definition) is 1. The molecule has 1 heterocycles. The molecular formula is C13H16ClNO3. The number of benzene rings is 1. The fourth-order valence-corrected chi connectivity index (χ4v) is 2.43. The Kier molecular flexibility index (Phi) is 3.66. The summed E-state index contributed by atoms with van der Waals surface area (Å²) in [4.78, 5) is 13.2. The van der Waals surface area contributed by atoms with Crippen molar-refractivity contribution in [2.24, 2.45) is 5.92 Å². The van der Waals surface area contributed by atoms with Gasteiger partial charge in [-0.05, 0) is 18.4 Å². The van der Waals surface area contributed by atoms with Crippen LogP contribution in [0.4, 0.5) is 5.69 Å². The first-order valence-electron chi connectivity index (χ1n) is 5.92. The van der Waals surface area contributed by atoms with Gasteiger partial charge in [-0.2, -0.15) is 0 Å². The second-order valence-electron chi connectivity index (χ2n) is 4.49. The van der Waals surface area contributed by atoms with E-state index < -0.39 is 5.97 Å². The van der Waals surface area contributed by atoms with Gasteiger partial charge in [0.1, 0.15) is 11.3 Å². The Bertz CT molecular complexity index is 470. The molecule has 1 aliphatic heterocycles. The summed E-state index contributed by atoms with van der Waals surface area (Å²) in [6.45, 7) is 4.09. The number of methoxy groups -OCH3 is 1. The van der Waals surface area contributed by atoms with E-state index in [1.807, 2.05) is 0 Å². The maximum absolute atomic E-state index is 11.0. The van der Waals surface area contributed by atoms with Crippen molar-refractivity contribution in [3.63, 3.8) is 0 Å². The topological polar surface area (TPSA) is 49.8 Å². The van der Waals surface area contributed by atoms with Crippen LogP contribution in [0.1, 0.15) is 23.7 Å². The standard InChI is InChI=1S/C13H16ClNO3/c1-3-8-6-15(7-8)11-5-12(18-2)9(13(16)17)4-10(11)14/h4-5,8H,3,6-7H2,1-2H3,(H,16,17). The van der Waals surface area contributed by atoms with Crippen LogP contribution in [-0.2, 0) is 0 Å². The van der Waals surface area contributed by atoms with Gasteiger partial charge in [0.05, 0.1) is 17.8 Å². The van der Waals surface area contributed by atoms with Crippen molar-refractivity contribution in [2.75, 3.05) is 25.1 Å². The van der Waals surface area contributed by atoms with E-state index >= 15 is 0 Å². The largest absolute Gasteiger partial charge is 0.496 e. The highest BCUT2D eigenvalue weighted by Crippen LogP contribution is 2.37. The fraction of sp³-hybridized carbons (Fsp3) is 0.462. The van der Waals surface area contributed by atoms with E-state index in [1.165, 1.54) is 13.2 Å². The second kappa shape index (κ2) is 5.06. The monoisotopic (exact) mass is 269 g/mol. The molecule has 18 heavy (non-hydrogen) atoms. The lowest BCUT2D eigenvalue weighted by Crippen LogP contribution is -2.46. The van der Waals surface area contributed by atoms with Crippen molar-refractivity contribution in [3.8, 4) is 5.75 Å². The van der Waals surface area contributed by atoms with Gasteiger partial charge in [0.2, 0.25) is 0 Å². The van der Waals surface area contributed by atoms with E-state index in [9.17, 15) is 4.79 Å². The number of ether oxygens (including phenoxy) is 1. The molecule has 1 N–H and O–H groups in total. The third-order valence-electron chi connectivity index (χ3n) is 3.37. The summed E-state index contributed by atoms with van der Waals surface area (Å²) in [5.41, 5.74) is 0.946. The number of carbonyl (C=O) groups is 1. The van der Waals surface area contributed by atoms with E-state index in [0.717, 1.165) is 25.2 Å². The number of nitrogens with zero attached hydrogens (tertiary/aromatic N) is 1. The zero-order chi connectivity index (χ0) is 13.3. The van der Waals surface area contributed by atoms with E-state index in [0.29, 0.717) is 16.7 Å². The number of hydrogen-bond acceptors (Lipinski definition) is 3. The molecule has 1 fully saturated rings. The molecule has 0 amide bonds. The first kappa shape index (κ1) is 13.0. The molecule has 1 saturated heterocycles. The lowest BCUT2D eigenvalue weighted by molar-refractivity contribution is 0.0693. The summed E-state index contributed by atoms with van der Waals surface area (Å²) in [5.74, 6) is 0.0170. The second-order valence-corrected chi connectivity index (χ2v) is 4.90. The minimum absolute atomic E-state index is 0.0961. The number of halogens is 1. The van der Waals surface area contributed by atoms with Gasteiger partial charge in [0, 0.05) is 19.2 Å². The first-order valence-corrected chi connectivity index (χ1v) is 6.30. The molecule has 1 aliphatic rings. The summed E-state index contributed by atoms with van der Waals surface area (Å²) in [6.07, 6.45) is 1.15. The smallest absolute Gasteiger partial charge is 0.339 e. The first-order chi connectivity index (χ1) is 8.56. The minimum Gasteiger partial charge on any atom is -0.496 e. The highest BCUT2D eigenvalue weighted by atomic mass is 35.5. The van der Waals surface area contributed by atoms with Crippen molar-refractivity contribution in [1.82, 2.24) is 0 Å². The highest BCUT2D eigenvalue weighted by Gasteiger charge is 2.28. The van der Waals surface area contributed by atoms with Gasteiger partial charge in [0.25, 0.3) is 0 Å². The lowest BCUT2D eigenvalue weighted by atomic mass is 9.96. The highest BCUT2D eigenvalue weighted by molar-refractivity contribution is 6.33. The molecule has 0 saturated carbocycles. The van der Waals surface area contributed by atoms with Gasteiger partial charge < -0.3 is 14.7 Å². The predicted octanol–water partition coefficient (Wildman–Crippen LogP) is 2.89. The summed E-state index contributed by atoms with van der Waals surface area (Å²) in [7, 11) is 1.46. The molecule has 0 aromatic heterocycles. The molecule has 0 aliphatic carbocycles. The Morgan fingerprint density at radius 2 is 2.22 bits per heavy atom. The van der Waals surface area contributed by atoms with Crippen LogP contribution < -0.4 is 9.64 Å². The molecule has 1 aromatic rings. The van der Waals surface area contributed by atoms with Crippen molar-refractivity contribution in [3.05, 3.63) is 22.7 Å². The van der Waals surface area contributed by atoms with Crippen LogP contribution >= 0.6 is 11.6 Å². The lowest BCUT2D eigenvalue weighted by Gasteiger charge is -2.41. The molecule has 0 atom stereocenters. The van der Waals surface area contributed by atoms with Crippen LogP contribution in [0.3, 0.4) is 0 Å². The van der Waals surface area contributed by atoms with Crippen molar-refractivity contribution >= 4 is 23.3 Å². The van der Waals surface area contributed by atoms with E-state index in [-0.39, 0.29) is 5.56 Å². The fourth-order valence-electron chi connectivity index (χ4n) is 2.15. The number of anilines is 1. The number of aromatic carboxylic acids is 1. The van der Waals surface area contributed by atoms with Crippen LogP contribution in [0, 0.1) is 5.92 Å². The third kappa shape index (κ3) is 2.25. The Morgan fingerprint density at radius 1 is 1.56 bits per heavy atom. The zero-order valence-electron chi connectivity index (χ0n) is 10.4. The van der Waals surface area contributed by atoms with Gasteiger partial charge in [-0.3, -0.25) is 0 Å². The van der Waals surface area contributed by atoms with Crippen molar-refractivity contribution in [2.45, 2.75) is 13.3 Å². The van der Waals surface area contributed by atoms with Crippen LogP contribution in [0.2, 0.25) is 5.02 Å². The molecule has 4 nitrogen and oxygen atoms in total. The summed E-state index contributed by atoms with van der Waals surface area (Å²) in [5, 5.41) is 9.51. The third-order valence-corrected chi connectivity index (χ3v) is 3.68. The maximum atomic E-state index is 11.0. The van der Waals surface area contributed by atoms with Gasteiger partial charge in [-0.25, -0.2) is 4.79 Å². The van der Waals surface area contributed by atoms with Gasteiger partial charge >= 0.3 is 5.97 Å². The molecule has 0 unspecified atom stereocenters. The minimum atomic E-state index is -1.03. The molecule has 1 aromatic carbocycles. The van der Waals surface area contributed by atoms with Crippen LogP contribution in [0.5, 0.6) is 5.75 Å². The maximum Gasteiger partial charge on any atom is 0.339 e. The van der Waals surface area contributed by atoms with E-state index in [4.69, 9.17) is 21.4 Å².